The van der Waals surface area contributed by atoms with E-state index in [-0.39, 0.29) is 18.0 Å². The summed E-state index contributed by atoms with van der Waals surface area (Å²) in [5, 5.41) is 2.87. The van der Waals surface area contributed by atoms with Crippen LogP contribution in [0.1, 0.15) is 64.0 Å². The van der Waals surface area contributed by atoms with E-state index in [0.29, 0.717) is 24.3 Å². The number of amides is 3. The van der Waals surface area contributed by atoms with E-state index < -0.39 is 0 Å². The monoisotopic (exact) mass is 437 g/mol. The van der Waals surface area contributed by atoms with Crippen molar-refractivity contribution in [3.63, 3.8) is 0 Å². The molecule has 2 aliphatic carbocycles. The van der Waals surface area contributed by atoms with Gasteiger partial charge in [-0.3, -0.25) is 4.79 Å². The van der Waals surface area contributed by atoms with Crippen molar-refractivity contribution in [2.45, 2.75) is 65.3 Å². The zero-order valence-corrected chi connectivity index (χ0v) is 20.2. The van der Waals surface area contributed by atoms with Crippen molar-refractivity contribution < 1.29 is 9.59 Å². The quantitative estimate of drug-likeness (QED) is 0.725. The maximum atomic E-state index is 13.7. The summed E-state index contributed by atoms with van der Waals surface area (Å²) < 4.78 is 0. The topological polar surface area (TPSA) is 52.7 Å². The van der Waals surface area contributed by atoms with Gasteiger partial charge in [-0.05, 0) is 79.6 Å². The molecule has 0 radical (unpaired) electrons. The van der Waals surface area contributed by atoms with Crippen molar-refractivity contribution in [2.75, 3.05) is 26.7 Å². The van der Waals surface area contributed by atoms with E-state index in [9.17, 15) is 9.59 Å². The van der Waals surface area contributed by atoms with E-state index in [0.717, 1.165) is 51.6 Å². The van der Waals surface area contributed by atoms with Gasteiger partial charge in [0.15, 0.2) is 0 Å². The lowest BCUT2D eigenvalue weighted by Crippen LogP contribution is -2.50. The number of nitrogens with zero attached hydrogens (tertiary/aromatic N) is 2. The molecule has 1 atom stereocenters. The summed E-state index contributed by atoms with van der Waals surface area (Å²) in [4.78, 5) is 29.7. The highest BCUT2D eigenvalue weighted by atomic mass is 16.2. The molecule has 174 valence electrons. The molecule has 1 aromatic carbocycles. The standard InChI is InChI=1S/C27H39N3O2/c1-5-28-27(32)29(4)17-19-10-12-20(13-11-19)26(31)30-15-14-23-22-9-7-6-8-21(22)16-24(23)25(30)18(2)3/h6-9,18-20,25H,5,10-17H2,1-4H3,(H,28,32). The number of carbonyl (C=O) groups is 2. The van der Waals surface area contributed by atoms with Crippen LogP contribution in [0, 0.1) is 17.8 Å². The SMILES string of the molecule is CCNC(=O)N(C)CC1CCC(C(=O)N2CCC3=C(Cc4ccccc43)C2C(C)C)CC1. The molecule has 5 nitrogen and oxygen atoms in total. The molecule has 1 aromatic rings. The first-order valence-corrected chi connectivity index (χ1v) is 12.5. The number of rotatable bonds is 5. The minimum absolute atomic E-state index is 0.000399. The number of fused-ring (bicyclic) bond motifs is 2. The van der Waals surface area contributed by atoms with Crippen molar-refractivity contribution >= 4 is 17.5 Å². The Balaban J connectivity index is 1.40. The Morgan fingerprint density at radius 3 is 2.56 bits per heavy atom. The minimum Gasteiger partial charge on any atom is -0.338 e. The molecule has 1 unspecified atom stereocenters. The second-order valence-corrected chi connectivity index (χ2v) is 10.2. The fourth-order valence-electron chi connectivity index (χ4n) is 6.18. The van der Waals surface area contributed by atoms with Gasteiger partial charge in [0.2, 0.25) is 5.91 Å². The first-order chi connectivity index (χ1) is 15.4. The van der Waals surface area contributed by atoms with Gasteiger partial charge in [0.1, 0.15) is 0 Å². The molecule has 3 aliphatic rings. The molecule has 1 saturated carbocycles. The summed E-state index contributed by atoms with van der Waals surface area (Å²) in [7, 11) is 1.87. The van der Waals surface area contributed by atoms with Crippen molar-refractivity contribution in [1.82, 2.24) is 15.1 Å². The number of hydrogen-bond donors (Lipinski definition) is 1. The van der Waals surface area contributed by atoms with Gasteiger partial charge in [0.05, 0.1) is 6.04 Å². The fraction of sp³-hybridized carbons (Fsp3) is 0.630. The maximum Gasteiger partial charge on any atom is 0.317 e. The zero-order valence-electron chi connectivity index (χ0n) is 20.2. The summed E-state index contributed by atoms with van der Waals surface area (Å²) in [5.74, 6) is 1.41. The molecule has 0 saturated heterocycles. The smallest absolute Gasteiger partial charge is 0.317 e. The van der Waals surface area contributed by atoms with E-state index in [1.54, 1.807) is 4.90 Å². The molecule has 0 aromatic heterocycles. The summed E-state index contributed by atoms with van der Waals surface area (Å²) in [6, 6.07) is 8.99. The van der Waals surface area contributed by atoms with Crippen LogP contribution in [0.2, 0.25) is 0 Å². The largest absolute Gasteiger partial charge is 0.338 e. The van der Waals surface area contributed by atoms with Crippen LogP contribution in [0.15, 0.2) is 29.8 Å². The number of nitrogens with one attached hydrogen (secondary N) is 1. The summed E-state index contributed by atoms with van der Waals surface area (Å²) >= 11 is 0. The van der Waals surface area contributed by atoms with Gasteiger partial charge in [-0.1, -0.05) is 38.1 Å². The molecule has 0 spiro atoms. The van der Waals surface area contributed by atoms with Crippen molar-refractivity contribution in [3.8, 4) is 0 Å². The van der Waals surface area contributed by atoms with Crippen LogP contribution in [-0.4, -0.2) is 54.5 Å². The average molecular weight is 438 g/mol. The highest BCUT2D eigenvalue weighted by molar-refractivity contribution is 5.84. The molecule has 32 heavy (non-hydrogen) atoms. The van der Waals surface area contributed by atoms with Gasteiger partial charge in [0.25, 0.3) is 0 Å². The lowest BCUT2D eigenvalue weighted by Gasteiger charge is -2.42. The first-order valence-electron chi connectivity index (χ1n) is 12.5. The van der Waals surface area contributed by atoms with Gasteiger partial charge in [0, 0.05) is 32.6 Å². The highest BCUT2D eigenvalue weighted by Crippen LogP contribution is 2.43. The Bertz CT molecular complexity index is 883. The molecule has 1 N–H and O–H groups in total. The van der Waals surface area contributed by atoms with Crippen LogP contribution in [0.4, 0.5) is 4.79 Å². The third-order valence-corrected chi connectivity index (χ3v) is 7.72. The predicted octanol–water partition coefficient (Wildman–Crippen LogP) is 4.72. The van der Waals surface area contributed by atoms with E-state index in [2.05, 4.69) is 48.3 Å². The molecule has 3 amide bonds. The number of benzene rings is 1. The van der Waals surface area contributed by atoms with Gasteiger partial charge < -0.3 is 15.1 Å². The molecular weight excluding hydrogens is 398 g/mol. The van der Waals surface area contributed by atoms with Crippen LogP contribution >= 0.6 is 0 Å². The van der Waals surface area contributed by atoms with Gasteiger partial charge >= 0.3 is 6.03 Å². The lowest BCUT2D eigenvalue weighted by atomic mass is 9.79. The molecule has 1 fully saturated rings. The van der Waals surface area contributed by atoms with Gasteiger partial charge in [-0.2, -0.15) is 0 Å². The van der Waals surface area contributed by atoms with Crippen molar-refractivity contribution in [3.05, 3.63) is 41.0 Å². The summed E-state index contributed by atoms with van der Waals surface area (Å²) in [5.41, 5.74) is 5.82. The van der Waals surface area contributed by atoms with Crippen LogP contribution in [0.25, 0.3) is 5.57 Å². The molecule has 0 bridgehead atoms. The Kier molecular flexibility index (Phi) is 6.92. The van der Waals surface area contributed by atoms with E-state index in [1.807, 2.05) is 14.0 Å². The number of urea groups is 1. The molecular formula is C27H39N3O2. The van der Waals surface area contributed by atoms with Crippen LogP contribution in [0.3, 0.4) is 0 Å². The Hall–Kier alpha value is -2.30. The number of hydrogen-bond acceptors (Lipinski definition) is 2. The van der Waals surface area contributed by atoms with Crippen LogP contribution in [0.5, 0.6) is 0 Å². The third kappa shape index (κ3) is 4.44. The third-order valence-electron chi connectivity index (χ3n) is 7.72. The van der Waals surface area contributed by atoms with Crippen LogP contribution < -0.4 is 5.32 Å². The molecule has 1 aliphatic heterocycles. The Morgan fingerprint density at radius 2 is 1.88 bits per heavy atom. The van der Waals surface area contributed by atoms with Gasteiger partial charge in [-0.25, -0.2) is 4.79 Å². The second-order valence-electron chi connectivity index (χ2n) is 10.2. The van der Waals surface area contributed by atoms with E-state index in [4.69, 9.17) is 0 Å². The zero-order chi connectivity index (χ0) is 22.8. The van der Waals surface area contributed by atoms with Gasteiger partial charge in [-0.15, -0.1) is 0 Å². The molecule has 5 heteroatoms. The summed E-state index contributed by atoms with van der Waals surface area (Å²) in [6.07, 6.45) is 5.92. The summed E-state index contributed by atoms with van der Waals surface area (Å²) in [6.45, 7) is 8.74. The van der Waals surface area contributed by atoms with Crippen molar-refractivity contribution in [2.24, 2.45) is 17.8 Å². The highest BCUT2D eigenvalue weighted by Gasteiger charge is 2.40. The van der Waals surface area contributed by atoms with E-state index >= 15 is 0 Å². The minimum atomic E-state index is 0.000399. The normalized spacial score (nSPS) is 24.9. The average Bonchev–Trinajstić information content (AvgIpc) is 3.17. The van der Waals surface area contributed by atoms with E-state index in [1.165, 1.54) is 22.3 Å². The Labute approximate surface area is 193 Å². The maximum absolute atomic E-state index is 13.7. The molecule has 1 heterocycles. The predicted molar refractivity (Wildman–Crippen MR) is 129 cm³/mol. The first kappa shape index (κ1) is 22.9. The number of carbonyl (C=O) groups excluding carboxylic acids is 2. The lowest BCUT2D eigenvalue weighted by molar-refractivity contribution is -0.139. The second kappa shape index (κ2) is 9.68. The van der Waals surface area contributed by atoms with Crippen molar-refractivity contribution in [1.29, 1.82) is 0 Å². The fourth-order valence-corrected chi connectivity index (χ4v) is 6.18. The molecule has 4 rings (SSSR count). The Morgan fingerprint density at radius 1 is 1.16 bits per heavy atom. The van der Waals surface area contributed by atoms with Crippen LogP contribution in [-0.2, 0) is 11.2 Å².